The van der Waals surface area contributed by atoms with Crippen LogP contribution in [0, 0.1) is 24.1 Å². The maximum atomic E-state index is 13.3. The Hall–Kier alpha value is -3.21. The van der Waals surface area contributed by atoms with Crippen LogP contribution in [0.4, 0.5) is 10.1 Å². The molecular formula is C16H15FN4O3. The van der Waals surface area contributed by atoms with Crippen LogP contribution >= 0.6 is 0 Å². The average molecular weight is 330 g/mol. The third-order valence-corrected chi connectivity index (χ3v) is 3.47. The first-order valence-corrected chi connectivity index (χ1v) is 7.17. The van der Waals surface area contributed by atoms with Gasteiger partial charge in [-0.05, 0) is 31.5 Å². The van der Waals surface area contributed by atoms with Crippen molar-refractivity contribution in [1.29, 1.82) is 5.26 Å². The zero-order chi connectivity index (χ0) is 17.9. The minimum absolute atomic E-state index is 0.230. The number of hydrogen-bond donors (Lipinski definition) is 1. The number of anilines is 1. The molecule has 2 rings (SSSR count). The van der Waals surface area contributed by atoms with Gasteiger partial charge in [0.05, 0.1) is 0 Å². The van der Waals surface area contributed by atoms with Gasteiger partial charge < -0.3 is 5.32 Å². The highest BCUT2D eigenvalue weighted by atomic mass is 19.1. The molecular weight excluding hydrogens is 315 g/mol. The van der Waals surface area contributed by atoms with Crippen LogP contribution < -0.4 is 16.6 Å². The van der Waals surface area contributed by atoms with E-state index in [1.54, 1.807) is 19.9 Å². The Morgan fingerprint density at radius 3 is 2.71 bits per heavy atom. The molecule has 1 aromatic heterocycles. The van der Waals surface area contributed by atoms with Gasteiger partial charge >= 0.3 is 5.69 Å². The molecule has 0 saturated heterocycles. The predicted molar refractivity (Wildman–Crippen MR) is 85.1 cm³/mol. The van der Waals surface area contributed by atoms with Crippen LogP contribution in [0.3, 0.4) is 0 Å². The lowest BCUT2D eigenvalue weighted by atomic mass is 10.2. The Kier molecular flexibility index (Phi) is 4.94. The summed E-state index contributed by atoms with van der Waals surface area (Å²) < 4.78 is 15.1. The van der Waals surface area contributed by atoms with Crippen molar-refractivity contribution < 1.29 is 9.18 Å². The average Bonchev–Trinajstić information content (AvgIpc) is 2.55. The second-order valence-electron chi connectivity index (χ2n) is 5.12. The SMILES string of the molecule is CCn1cc(C#N)c(=O)n(CC(=O)Nc2cc(F)ccc2C)c1=O. The molecule has 0 spiro atoms. The number of hydrogen-bond acceptors (Lipinski definition) is 4. The first kappa shape index (κ1) is 17.1. The second kappa shape index (κ2) is 6.91. The number of amides is 1. The molecule has 7 nitrogen and oxygen atoms in total. The van der Waals surface area contributed by atoms with Crippen LogP contribution in [0.25, 0.3) is 0 Å². The Morgan fingerprint density at radius 1 is 1.38 bits per heavy atom. The number of aryl methyl sites for hydroxylation is 2. The standard InChI is InChI=1S/C16H15FN4O3/c1-3-20-8-11(7-18)15(23)21(16(20)24)9-14(22)19-13-6-12(17)5-4-10(13)2/h4-6,8H,3,9H2,1-2H3,(H,19,22). The number of rotatable bonds is 4. The van der Waals surface area contributed by atoms with Crippen molar-refractivity contribution in [1.82, 2.24) is 9.13 Å². The van der Waals surface area contributed by atoms with E-state index < -0.39 is 29.5 Å². The van der Waals surface area contributed by atoms with E-state index in [0.717, 1.165) is 12.3 Å². The molecule has 0 fully saturated rings. The topological polar surface area (TPSA) is 96.9 Å². The molecule has 1 amide bonds. The van der Waals surface area contributed by atoms with E-state index in [-0.39, 0.29) is 17.8 Å². The number of carbonyl (C=O) groups excluding carboxylic acids is 1. The summed E-state index contributed by atoms with van der Waals surface area (Å²) in [7, 11) is 0. The van der Waals surface area contributed by atoms with Gasteiger partial charge in [-0.3, -0.25) is 14.2 Å². The molecule has 2 aromatic rings. The van der Waals surface area contributed by atoms with Crippen molar-refractivity contribution in [3.8, 4) is 6.07 Å². The summed E-state index contributed by atoms with van der Waals surface area (Å²) in [4.78, 5) is 36.4. The molecule has 24 heavy (non-hydrogen) atoms. The molecule has 0 bridgehead atoms. The Morgan fingerprint density at radius 2 is 2.08 bits per heavy atom. The summed E-state index contributed by atoms with van der Waals surface area (Å²) in [6.07, 6.45) is 1.16. The van der Waals surface area contributed by atoms with E-state index in [2.05, 4.69) is 5.32 Å². The zero-order valence-corrected chi connectivity index (χ0v) is 13.2. The lowest BCUT2D eigenvalue weighted by Gasteiger charge is -2.11. The van der Waals surface area contributed by atoms with E-state index in [4.69, 9.17) is 5.26 Å². The van der Waals surface area contributed by atoms with Crippen LogP contribution in [-0.4, -0.2) is 15.0 Å². The summed E-state index contributed by atoms with van der Waals surface area (Å²) in [5, 5.41) is 11.4. The number of nitriles is 1. The Labute approximate surface area is 136 Å². The first-order chi connectivity index (χ1) is 11.4. The third-order valence-electron chi connectivity index (χ3n) is 3.47. The van der Waals surface area contributed by atoms with Gasteiger partial charge in [-0.2, -0.15) is 5.26 Å². The first-order valence-electron chi connectivity index (χ1n) is 7.17. The third kappa shape index (κ3) is 3.41. The fourth-order valence-corrected chi connectivity index (χ4v) is 2.16. The van der Waals surface area contributed by atoms with E-state index in [9.17, 15) is 18.8 Å². The molecule has 124 valence electrons. The molecule has 0 aliphatic heterocycles. The monoisotopic (exact) mass is 330 g/mol. The van der Waals surface area contributed by atoms with Crippen molar-refractivity contribution in [2.24, 2.45) is 0 Å². The van der Waals surface area contributed by atoms with Crippen LogP contribution in [0.5, 0.6) is 0 Å². The quantitative estimate of drug-likeness (QED) is 0.904. The molecule has 0 atom stereocenters. The number of nitrogens with one attached hydrogen (secondary N) is 1. The number of benzene rings is 1. The van der Waals surface area contributed by atoms with Crippen LogP contribution in [0.2, 0.25) is 0 Å². The van der Waals surface area contributed by atoms with Crippen LogP contribution in [-0.2, 0) is 17.9 Å². The maximum absolute atomic E-state index is 13.3. The van der Waals surface area contributed by atoms with E-state index in [0.29, 0.717) is 10.1 Å². The van der Waals surface area contributed by atoms with E-state index in [1.165, 1.54) is 16.7 Å². The fourth-order valence-electron chi connectivity index (χ4n) is 2.16. The highest BCUT2D eigenvalue weighted by molar-refractivity contribution is 5.91. The van der Waals surface area contributed by atoms with Gasteiger partial charge in [0, 0.05) is 18.4 Å². The maximum Gasteiger partial charge on any atom is 0.331 e. The van der Waals surface area contributed by atoms with Gasteiger partial charge in [-0.1, -0.05) is 6.07 Å². The highest BCUT2D eigenvalue weighted by Gasteiger charge is 2.14. The van der Waals surface area contributed by atoms with Gasteiger partial charge in [0.25, 0.3) is 5.56 Å². The summed E-state index contributed by atoms with van der Waals surface area (Å²) in [5.74, 6) is -1.19. The van der Waals surface area contributed by atoms with Gasteiger partial charge in [-0.15, -0.1) is 0 Å². The smallest absolute Gasteiger partial charge is 0.324 e. The highest BCUT2D eigenvalue weighted by Crippen LogP contribution is 2.15. The lowest BCUT2D eigenvalue weighted by molar-refractivity contribution is -0.116. The molecule has 8 heteroatoms. The van der Waals surface area contributed by atoms with Crippen LogP contribution in [0.15, 0.2) is 34.0 Å². The Balaban J connectivity index is 2.36. The number of nitrogens with zero attached hydrogens (tertiary/aromatic N) is 3. The minimum Gasteiger partial charge on any atom is -0.324 e. The Bertz CT molecular complexity index is 953. The number of carbonyl (C=O) groups is 1. The van der Waals surface area contributed by atoms with Gasteiger partial charge in [0.2, 0.25) is 5.91 Å². The molecule has 1 heterocycles. The van der Waals surface area contributed by atoms with E-state index >= 15 is 0 Å². The summed E-state index contributed by atoms with van der Waals surface area (Å²) in [6.45, 7) is 3.04. The lowest BCUT2D eigenvalue weighted by Crippen LogP contribution is -2.43. The molecule has 0 unspecified atom stereocenters. The largest absolute Gasteiger partial charge is 0.331 e. The molecule has 1 aromatic carbocycles. The second-order valence-corrected chi connectivity index (χ2v) is 5.12. The number of aromatic nitrogens is 2. The fraction of sp³-hybridized carbons (Fsp3) is 0.250. The molecule has 0 aliphatic rings. The van der Waals surface area contributed by atoms with Gasteiger partial charge in [-0.25, -0.2) is 13.8 Å². The molecule has 0 aliphatic carbocycles. The summed E-state index contributed by atoms with van der Waals surface area (Å²) in [5.41, 5.74) is -0.869. The van der Waals surface area contributed by atoms with E-state index in [1.807, 2.05) is 0 Å². The van der Waals surface area contributed by atoms with Crippen molar-refractivity contribution in [3.63, 3.8) is 0 Å². The zero-order valence-electron chi connectivity index (χ0n) is 13.2. The molecule has 0 saturated carbocycles. The molecule has 1 N–H and O–H groups in total. The number of halogens is 1. The normalized spacial score (nSPS) is 10.2. The van der Waals surface area contributed by atoms with Crippen molar-refractivity contribution in [3.05, 3.63) is 62.2 Å². The van der Waals surface area contributed by atoms with Gasteiger partial charge in [0.1, 0.15) is 24.0 Å². The van der Waals surface area contributed by atoms with Gasteiger partial charge in [0.15, 0.2) is 0 Å². The van der Waals surface area contributed by atoms with Crippen molar-refractivity contribution in [2.45, 2.75) is 26.9 Å². The molecule has 0 radical (unpaired) electrons. The van der Waals surface area contributed by atoms with Crippen molar-refractivity contribution in [2.75, 3.05) is 5.32 Å². The summed E-state index contributed by atoms with van der Waals surface area (Å²) >= 11 is 0. The summed E-state index contributed by atoms with van der Waals surface area (Å²) in [6, 6.07) is 5.60. The van der Waals surface area contributed by atoms with Crippen LogP contribution in [0.1, 0.15) is 18.1 Å². The minimum atomic E-state index is -0.835. The predicted octanol–water partition coefficient (Wildman–Crippen LogP) is 0.988. The van der Waals surface area contributed by atoms with Crippen molar-refractivity contribution >= 4 is 11.6 Å².